The topological polar surface area (TPSA) is 85.4 Å². The standard InChI is InChI=1S/C23H28N2O4S/c1-14(2)13-29-22(28)21-15(3)24-23(30-21)25-20(27)11-10-19(26)18-9-8-16-6-4-5-7-17(16)12-18/h8-9,12,14H,4-7,10-11,13H2,1-3H3,(H,24,25,27). The maximum Gasteiger partial charge on any atom is 0.350 e. The number of amides is 1. The van der Waals surface area contributed by atoms with Crippen molar-refractivity contribution in [1.82, 2.24) is 4.98 Å². The summed E-state index contributed by atoms with van der Waals surface area (Å²) < 4.78 is 5.23. The molecule has 3 rings (SSSR count). The van der Waals surface area contributed by atoms with Gasteiger partial charge in [-0.15, -0.1) is 0 Å². The molecule has 1 aromatic heterocycles. The third kappa shape index (κ3) is 5.75. The van der Waals surface area contributed by atoms with Crippen molar-refractivity contribution in [1.29, 1.82) is 0 Å². The highest BCUT2D eigenvalue weighted by Gasteiger charge is 2.19. The number of ketones is 1. The van der Waals surface area contributed by atoms with Gasteiger partial charge in [-0.25, -0.2) is 9.78 Å². The van der Waals surface area contributed by atoms with E-state index in [0.717, 1.165) is 30.6 Å². The molecule has 0 unspecified atom stereocenters. The zero-order valence-electron chi connectivity index (χ0n) is 17.7. The molecule has 7 heteroatoms. The van der Waals surface area contributed by atoms with Gasteiger partial charge in [0.25, 0.3) is 0 Å². The number of aryl methyl sites for hydroxylation is 3. The van der Waals surface area contributed by atoms with E-state index in [0.29, 0.717) is 27.9 Å². The van der Waals surface area contributed by atoms with E-state index >= 15 is 0 Å². The number of thiazole rings is 1. The highest BCUT2D eigenvalue weighted by atomic mass is 32.1. The van der Waals surface area contributed by atoms with Gasteiger partial charge in [0.1, 0.15) is 4.88 Å². The summed E-state index contributed by atoms with van der Waals surface area (Å²) >= 11 is 1.09. The summed E-state index contributed by atoms with van der Waals surface area (Å²) in [5.41, 5.74) is 3.78. The molecule has 30 heavy (non-hydrogen) atoms. The van der Waals surface area contributed by atoms with Crippen LogP contribution in [0.25, 0.3) is 0 Å². The van der Waals surface area contributed by atoms with Crippen LogP contribution in [0.1, 0.15) is 76.4 Å². The van der Waals surface area contributed by atoms with Crippen LogP contribution in [0.2, 0.25) is 0 Å². The van der Waals surface area contributed by atoms with E-state index in [9.17, 15) is 14.4 Å². The summed E-state index contributed by atoms with van der Waals surface area (Å²) in [4.78, 5) is 41.5. The molecule has 0 spiro atoms. The van der Waals surface area contributed by atoms with Crippen LogP contribution in [0.4, 0.5) is 5.13 Å². The molecule has 0 fully saturated rings. The van der Waals surface area contributed by atoms with Crippen molar-refractivity contribution in [3.8, 4) is 0 Å². The second-order valence-corrected chi connectivity index (χ2v) is 9.09. The minimum Gasteiger partial charge on any atom is -0.461 e. The predicted molar refractivity (Wildman–Crippen MR) is 117 cm³/mol. The van der Waals surface area contributed by atoms with Gasteiger partial charge >= 0.3 is 5.97 Å². The number of carbonyl (C=O) groups excluding carboxylic acids is 3. The van der Waals surface area contributed by atoms with Crippen molar-refractivity contribution in [2.24, 2.45) is 5.92 Å². The molecular formula is C23H28N2O4S. The van der Waals surface area contributed by atoms with Gasteiger partial charge in [0.05, 0.1) is 12.3 Å². The first-order valence-corrected chi connectivity index (χ1v) is 11.2. The molecule has 6 nitrogen and oxygen atoms in total. The Morgan fingerprint density at radius 2 is 1.87 bits per heavy atom. The van der Waals surface area contributed by atoms with Gasteiger partial charge in [-0.1, -0.05) is 37.3 Å². The van der Waals surface area contributed by atoms with Crippen molar-refractivity contribution in [2.45, 2.75) is 59.3 Å². The molecule has 0 bridgehead atoms. The Bertz CT molecular complexity index is 949. The maximum atomic E-state index is 12.5. The third-order valence-corrected chi connectivity index (χ3v) is 6.08. The van der Waals surface area contributed by atoms with Crippen LogP contribution in [-0.2, 0) is 22.4 Å². The smallest absolute Gasteiger partial charge is 0.350 e. The molecule has 1 aliphatic carbocycles. The van der Waals surface area contributed by atoms with Crippen LogP contribution in [0.3, 0.4) is 0 Å². The van der Waals surface area contributed by atoms with Gasteiger partial charge < -0.3 is 10.1 Å². The van der Waals surface area contributed by atoms with Crippen molar-refractivity contribution in [2.75, 3.05) is 11.9 Å². The quantitative estimate of drug-likeness (QED) is 0.485. The fraction of sp³-hybridized carbons (Fsp3) is 0.478. The van der Waals surface area contributed by atoms with Crippen LogP contribution in [0, 0.1) is 12.8 Å². The number of hydrogen-bond acceptors (Lipinski definition) is 6. The SMILES string of the molecule is Cc1nc(NC(=O)CCC(=O)c2ccc3c(c2)CCCC3)sc1C(=O)OCC(C)C. The summed E-state index contributed by atoms with van der Waals surface area (Å²) in [5.74, 6) is -0.514. The largest absolute Gasteiger partial charge is 0.461 e. The number of Topliss-reactive ketones (excluding diaryl/α,β-unsaturated/α-hetero) is 1. The molecular weight excluding hydrogens is 400 g/mol. The molecule has 1 N–H and O–H groups in total. The molecule has 1 amide bonds. The molecule has 1 aromatic carbocycles. The Labute approximate surface area is 181 Å². The first kappa shape index (κ1) is 22.2. The van der Waals surface area contributed by atoms with Gasteiger partial charge in [-0.2, -0.15) is 0 Å². The fourth-order valence-corrected chi connectivity index (χ4v) is 4.28. The van der Waals surface area contributed by atoms with E-state index in [1.165, 1.54) is 17.5 Å². The van der Waals surface area contributed by atoms with Gasteiger partial charge in [0.2, 0.25) is 5.91 Å². The number of nitrogens with zero attached hydrogens (tertiary/aromatic N) is 1. The molecule has 1 heterocycles. The van der Waals surface area contributed by atoms with Crippen LogP contribution in [0.15, 0.2) is 18.2 Å². The maximum absolute atomic E-state index is 12.5. The summed E-state index contributed by atoms with van der Waals surface area (Å²) in [6.07, 6.45) is 4.66. The summed E-state index contributed by atoms with van der Waals surface area (Å²) in [6.45, 7) is 5.97. The number of esters is 1. The van der Waals surface area contributed by atoms with Crippen LogP contribution in [-0.4, -0.2) is 29.3 Å². The minimum atomic E-state index is -0.429. The molecule has 0 aliphatic heterocycles. The number of rotatable bonds is 8. The summed E-state index contributed by atoms with van der Waals surface area (Å²) in [6, 6.07) is 5.89. The highest BCUT2D eigenvalue weighted by Crippen LogP contribution is 2.25. The molecule has 1 aliphatic rings. The van der Waals surface area contributed by atoms with E-state index in [4.69, 9.17) is 4.74 Å². The Hall–Kier alpha value is -2.54. The lowest BCUT2D eigenvalue weighted by atomic mass is 9.89. The summed E-state index contributed by atoms with van der Waals surface area (Å²) in [7, 11) is 0. The number of nitrogens with one attached hydrogen (secondary N) is 1. The number of aromatic nitrogens is 1. The zero-order valence-corrected chi connectivity index (χ0v) is 18.6. The molecule has 0 atom stereocenters. The van der Waals surface area contributed by atoms with Crippen LogP contribution < -0.4 is 5.32 Å². The number of anilines is 1. The van der Waals surface area contributed by atoms with Crippen molar-refractivity contribution < 1.29 is 19.1 Å². The van der Waals surface area contributed by atoms with E-state index in [2.05, 4.69) is 10.3 Å². The van der Waals surface area contributed by atoms with Gasteiger partial charge in [-0.3, -0.25) is 9.59 Å². The van der Waals surface area contributed by atoms with E-state index in [1.807, 2.05) is 32.0 Å². The van der Waals surface area contributed by atoms with Crippen molar-refractivity contribution in [3.63, 3.8) is 0 Å². The Morgan fingerprint density at radius 3 is 2.60 bits per heavy atom. The van der Waals surface area contributed by atoms with Gasteiger partial charge in [0.15, 0.2) is 10.9 Å². The minimum absolute atomic E-state index is 0.0354. The number of fused-ring (bicyclic) bond motifs is 1. The summed E-state index contributed by atoms with van der Waals surface area (Å²) in [5, 5.41) is 3.03. The third-order valence-electron chi connectivity index (χ3n) is 5.03. The monoisotopic (exact) mass is 428 g/mol. The average molecular weight is 429 g/mol. The van der Waals surface area contributed by atoms with Crippen LogP contribution >= 0.6 is 11.3 Å². The Morgan fingerprint density at radius 1 is 1.13 bits per heavy atom. The molecule has 0 saturated carbocycles. The number of carbonyl (C=O) groups is 3. The van der Waals surface area contributed by atoms with Crippen LogP contribution in [0.5, 0.6) is 0 Å². The van der Waals surface area contributed by atoms with E-state index in [-0.39, 0.29) is 30.4 Å². The average Bonchev–Trinajstić information content (AvgIpc) is 3.09. The molecule has 0 radical (unpaired) electrons. The Kier molecular flexibility index (Phi) is 7.37. The predicted octanol–water partition coefficient (Wildman–Crippen LogP) is 4.74. The fourth-order valence-electron chi connectivity index (χ4n) is 3.41. The Balaban J connectivity index is 1.53. The lowest BCUT2D eigenvalue weighted by Crippen LogP contribution is -2.14. The first-order chi connectivity index (χ1) is 14.3. The number of hydrogen-bond donors (Lipinski definition) is 1. The number of benzene rings is 1. The lowest BCUT2D eigenvalue weighted by molar-refractivity contribution is -0.116. The highest BCUT2D eigenvalue weighted by molar-refractivity contribution is 7.17. The molecule has 2 aromatic rings. The molecule has 0 saturated heterocycles. The second-order valence-electron chi connectivity index (χ2n) is 8.09. The van der Waals surface area contributed by atoms with Crippen molar-refractivity contribution in [3.05, 3.63) is 45.5 Å². The van der Waals surface area contributed by atoms with Gasteiger partial charge in [0, 0.05) is 18.4 Å². The van der Waals surface area contributed by atoms with Crippen molar-refractivity contribution >= 4 is 34.1 Å². The van der Waals surface area contributed by atoms with E-state index < -0.39 is 5.97 Å². The first-order valence-electron chi connectivity index (χ1n) is 10.4. The second kappa shape index (κ2) is 9.98. The number of ether oxygens (including phenoxy) is 1. The lowest BCUT2D eigenvalue weighted by Gasteiger charge is -2.16. The zero-order chi connectivity index (χ0) is 21.7. The normalized spacial score (nSPS) is 13.1. The van der Waals surface area contributed by atoms with Gasteiger partial charge in [-0.05, 0) is 55.7 Å². The molecule has 160 valence electrons. The van der Waals surface area contributed by atoms with E-state index in [1.54, 1.807) is 6.92 Å².